The van der Waals surface area contributed by atoms with Gasteiger partial charge in [-0.15, -0.1) is 0 Å². The number of hydrogen-bond acceptors (Lipinski definition) is 4. The van der Waals surface area contributed by atoms with Crippen LogP contribution in [0.5, 0.6) is 0 Å². The third-order valence-corrected chi connectivity index (χ3v) is 1.31. The van der Waals surface area contributed by atoms with E-state index < -0.39 is 5.91 Å². The van der Waals surface area contributed by atoms with Crippen molar-refractivity contribution in [3.05, 3.63) is 18.2 Å². The molecule has 0 unspecified atom stereocenters. The van der Waals surface area contributed by atoms with Crippen LogP contribution in [0.3, 0.4) is 0 Å². The van der Waals surface area contributed by atoms with Crippen molar-refractivity contribution in [1.82, 2.24) is 9.97 Å². The van der Waals surface area contributed by atoms with Crippen molar-refractivity contribution in [3.63, 3.8) is 0 Å². The van der Waals surface area contributed by atoms with Crippen LogP contribution < -0.4 is 5.06 Å². The summed E-state index contributed by atoms with van der Waals surface area (Å²) in [6.07, 6.45) is 2.76. The van der Waals surface area contributed by atoms with Gasteiger partial charge in [0.1, 0.15) is 11.5 Å². The summed E-state index contributed by atoms with van der Waals surface area (Å²) < 4.78 is 0. The predicted molar refractivity (Wildman–Crippen MR) is 41.7 cm³/mol. The Hall–Kier alpha value is -1.49. The first-order valence-electron chi connectivity index (χ1n) is 3.39. The Kier molecular flexibility index (Phi) is 2.35. The van der Waals surface area contributed by atoms with Gasteiger partial charge in [0.05, 0.1) is 12.4 Å². The normalized spacial score (nSPS) is 9.58. The molecule has 5 heteroatoms. The highest BCUT2D eigenvalue weighted by atomic mass is 16.5. The van der Waals surface area contributed by atoms with E-state index in [1.165, 1.54) is 19.3 Å². The number of anilines is 1. The zero-order valence-electron chi connectivity index (χ0n) is 6.85. The minimum absolute atomic E-state index is 0.271. The molecule has 0 saturated heterocycles. The first-order chi connectivity index (χ1) is 5.61. The molecular formula is C7H9N3O2. The van der Waals surface area contributed by atoms with Gasteiger partial charge < -0.3 is 0 Å². The van der Waals surface area contributed by atoms with Crippen molar-refractivity contribution in [2.75, 3.05) is 5.06 Å². The van der Waals surface area contributed by atoms with Gasteiger partial charge in [0.25, 0.3) is 0 Å². The van der Waals surface area contributed by atoms with Crippen LogP contribution in [0.4, 0.5) is 5.69 Å². The van der Waals surface area contributed by atoms with Gasteiger partial charge in [-0.1, -0.05) is 0 Å². The van der Waals surface area contributed by atoms with Gasteiger partial charge in [-0.25, -0.2) is 9.97 Å². The van der Waals surface area contributed by atoms with Crippen LogP contribution in [-0.4, -0.2) is 21.1 Å². The van der Waals surface area contributed by atoms with Crippen LogP contribution in [0.25, 0.3) is 0 Å². The van der Waals surface area contributed by atoms with E-state index in [9.17, 15) is 4.79 Å². The molecule has 1 amide bonds. The molecule has 5 nitrogen and oxygen atoms in total. The molecule has 0 bridgehead atoms. The van der Waals surface area contributed by atoms with Crippen molar-refractivity contribution < 1.29 is 10.0 Å². The van der Waals surface area contributed by atoms with E-state index in [1.54, 1.807) is 6.92 Å². The Bertz CT molecular complexity index is 283. The van der Waals surface area contributed by atoms with Crippen LogP contribution >= 0.6 is 0 Å². The molecule has 1 heterocycles. The number of carbonyl (C=O) groups is 1. The van der Waals surface area contributed by atoms with Gasteiger partial charge in [-0.05, 0) is 6.92 Å². The summed E-state index contributed by atoms with van der Waals surface area (Å²) in [5.74, 6) is 0.123. The summed E-state index contributed by atoms with van der Waals surface area (Å²) in [5, 5.41) is 9.59. The maximum Gasteiger partial charge on any atom is 0.247 e. The molecule has 0 spiro atoms. The van der Waals surface area contributed by atoms with Gasteiger partial charge >= 0.3 is 0 Å². The summed E-state index contributed by atoms with van der Waals surface area (Å²) in [4.78, 5) is 18.3. The quantitative estimate of drug-likeness (QED) is 0.489. The first kappa shape index (κ1) is 8.61. The van der Waals surface area contributed by atoms with E-state index in [0.717, 1.165) is 0 Å². The number of aryl methyl sites for hydroxylation is 1. The Balaban J connectivity index is 2.89. The van der Waals surface area contributed by atoms with Gasteiger partial charge in [-0.3, -0.25) is 10.0 Å². The van der Waals surface area contributed by atoms with Gasteiger partial charge in [0.15, 0.2) is 0 Å². The average molecular weight is 167 g/mol. The molecule has 0 saturated carbocycles. The molecule has 12 heavy (non-hydrogen) atoms. The SMILES string of the molecule is CC(=O)N(O)c1cnc(C)nc1. The molecule has 0 aromatic carbocycles. The van der Waals surface area contributed by atoms with Crippen molar-refractivity contribution in [2.45, 2.75) is 13.8 Å². The molecule has 1 N–H and O–H groups in total. The summed E-state index contributed by atoms with van der Waals surface area (Å²) in [6.45, 7) is 2.97. The number of nitrogens with zero attached hydrogens (tertiary/aromatic N) is 3. The molecule has 1 aromatic heterocycles. The lowest BCUT2D eigenvalue weighted by molar-refractivity contribution is -0.121. The fourth-order valence-corrected chi connectivity index (χ4v) is 0.677. The van der Waals surface area contributed by atoms with Gasteiger partial charge in [0, 0.05) is 6.92 Å². The zero-order valence-corrected chi connectivity index (χ0v) is 6.85. The molecular weight excluding hydrogens is 158 g/mol. The monoisotopic (exact) mass is 167 g/mol. The molecule has 64 valence electrons. The Morgan fingerprint density at radius 2 is 2.00 bits per heavy atom. The van der Waals surface area contributed by atoms with Crippen LogP contribution in [0, 0.1) is 6.92 Å². The molecule has 0 fully saturated rings. The van der Waals surface area contributed by atoms with Crippen LogP contribution in [0.2, 0.25) is 0 Å². The minimum Gasteiger partial charge on any atom is -0.281 e. The Morgan fingerprint density at radius 3 is 2.42 bits per heavy atom. The van der Waals surface area contributed by atoms with Crippen molar-refractivity contribution >= 4 is 11.6 Å². The molecule has 1 rings (SSSR count). The van der Waals surface area contributed by atoms with Gasteiger partial charge in [0.2, 0.25) is 5.91 Å². The fourth-order valence-electron chi connectivity index (χ4n) is 0.677. The van der Waals surface area contributed by atoms with E-state index in [2.05, 4.69) is 9.97 Å². The Morgan fingerprint density at radius 1 is 1.50 bits per heavy atom. The predicted octanol–water partition coefficient (Wildman–Crippen LogP) is 0.527. The molecule has 1 aromatic rings. The average Bonchev–Trinajstić information content (AvgIpc) is 2.04. The van der Waals surface area contributed by atoms with Crippen LogP contribution in [0.15, 0.2) is 12.4 Å². The smallest absolute Gasteiger partial charge is 0.247 e. The Labute approximate surface area is 69.6 Å². The molecule has 0 aliphatic carbocycles. The second kappa shape index (κ2) is 3.27. The van der Waals surface area contributed by atoms with E-state index in [-0.39, 0.29) is 5.69 Å². The summed E-state index contributed by atoms with van der Waals surface area (Å²) in [5.41, 5.74) is 0.271. The third-order valence-electron chi connectivity index (χ3n) is 1.31. The second-order valence-electron chi connectivity index (χ2n) is 2.32. The molecule has 0 aliphatic rings. The lowest BCUT2D eigenvalue weighted by Gasteiger charge is -2.10. The summed E-state index contributed by atoms with van der Waals surface area (Å²) >= 11 is 0. The second-order valence-corrected chi connectivity index (χ2v) is 2.32. The highest BCUT2D eigenvalue weighted by Crippen LogP contribution is 2.07. The van der Waals surface area contributed by atoms with Crippen molar-refractivity contribution in [3.8, 4) is 0 Å². The van der Waals surface area contributed by atoms with Crippen molar-refractivity contribution in [2.24, 2.45) is 0 Å². The van der Waals surface area contributed by atoms with Crippen LogP contribution in [-0.2, 0) is 4.79 Å². The fraction of sp³-hybridized carbons (Fsp3) is 0.286. The maximum atomic E-state index is 10.6. The number of rotatable bonds is 1. The number of amides is 1. The van der Waals surface area contributed by atoms with E-state index in [1.807, 2.05) is 0 Å². The summed E-state index contributed by atoms with van der Waals surface area (Å²) in [6, 6.07) is 0. The minimum atomic E-state index is -0.470. The molecule has 0 atom stereocenters. The topological polar surface area (TPSA) is 66.3 Å². The number of aromatic nitrogens is 2. The van der Waals surface area contributed by atoms with Gasteiger partial charge in [-0.2, -0.15) is 5.06 Å². The standard InChI is InChI=1S/C7H9N3O2/c1-5-8-3-7(4-9-5)10(12)6(2)11/h3-4,12H,1-2H3. The molecule has 0 aliphatic heterocycles. The third kappa shape index (κ3) is 1.76. The van der Waals surface area contributed by atoms with E-state index in [0.29, 0.717) is 10.9 Å². The van der Waals surface area contributed by atoms with Crippen molar-refractivity contribution in [1.29, 1.82) is 0 Å². The highest BCUT2D eigenvalue weighted by Gasteiger charge is 2.07. The van der Waals surface area contributed by atoms with Crippen LogP contribution in [0.1, 0.15) is 12.7 Å². The number of carbonyl (C=O) groups excluding carboxylic acids is 1. The lowest BCUT2D eigenvalue weighted by atomic mass is 10.5. The highest BCUT2D eigenvalue weighted by molar-refractivity contribution is 5.88. The van der Waals surface area contributed by atoms with E-state index >= 15 is 0 Å². The van der Waals surface area contributed by atoms with E-state index in [4.69, 9.17) is 5.21 Å². The number of hydroxylamine groups is 1. The largest absolute Gasteiger partial charge is 0.281 e. The summed E-state index contributed by atoms with van der Waals surface area (Å²) in [7, 11) is 0. The zero-order chi connectivity index (χ0) is 9.14. The molecule has 0 radical (unpaired) electrons. The first-order valence-corrected chi connectivity index (χ1v) is 3.39. The maximum absolute atomic E-state index is 10.6. The number of hydrogen-bond donors (Lipinski definition) is 1. The lowest BCUT2D eigenvalue weighted by Crippen LogP contribution is -2.23.